The maximum absolute atomic E-state index is 3.93. The molecule has 2 N–H and O–H groups in total. The first-order valence-corrected chi connectivity index (χ1v) is 2.75. The van der Waals surface area contributed by atoms with Gasteiger partial charge in [0.25, 0.3) is 0 Å². The highest BCUT2D eigenvalue weighted by molar-refractivity contribution is 5.73. The Kier molecular flexibility index (Phi) is 0.828. The molecule has 3 heteroatoms. The van der Waals surface area contributed by atoms with Crippen LogP contribution in [0.5, 0.6) is 0 Å². The first-order valence-electron chi connectivity index (χ1n) is 2.75. The highest BCUT2D eigenvalue weighted by Gasteiger charge is 2.06. The van der Waals surface area contributed by atoms with Crippen molar-refractivity contribution in [3.8, 4) is 0 Å². The summed E-state index contributed by atoms with van der Waals surface area (Å²) < 4.78 is 0. The fraction of sp³-hybridized carbons (Fsp3) is 0. The lowest BCUT2D eigenvalue weighted by atomic mass is 10.4. The van der Waals surface area contributed by atoms with Gasteiger partial charge in [-0.3, -0.25) is 4.98 Å². The van der Waals surface area contributed by atoms with Gasteiger partial charge in [0.2, 0.25) is 0 Å². The Morgan fingerprint density at radius 2 is 2.11 bits per heavy atom. The molecule has 0 fully saturated rings. The number of fused-ring (bicyclic) bond motifs is 1. The Balaban J connectivity index is 2.54. The van der Waals surface area contributed by atoms with Gasteiger partial charge < -0.3 is 10.6 Å². The van der Waals surface area contributed by atoms with Crippen molar-refractivity contribution in [3.05, 3.63) is 25.1 Å². The molecule has 1 aliphatic heterocycles. The number of pyridine rings is 1. The van der Waals surface area contributed by atoms with Crippen molar-refractivity contribution in [2.24, 2.45) is 0 Å². The fourth-order valence-corrected chi connectivity index (χ4v) is 0.827. The summed E-state index contributed by atoms with van der Waals surface area (Å²) in [6.07, 6.45) is 3.54. The molecule has 1 aromatic heterocycles. The highest BCUT2D eigenvalue weighted by Crippen LogP contribution is 2.24. The zero-order valence-electron chi connectivity index (χ0n) is 4.76. The van der Waals surface area contributed by atoms with E-state index < -0.39 is 0 Å². The summed E-state index contributed by atoms with van der Waals surface area (Å²) in [5.41, 5.74) is 2.13. The minimum absolute atomic E-state index is 1.04. The van der Waals surface area contributed by atoms with E-state index in [9.17, 15) is 0 Å². The molecule has 45 valence electrons. The van der Waals surface area contributed by atoms with Crippen molar-refractivity contribution < 1.29 is 0 Å². The molecule has 0 saturated carbocycles. The molecule has 3 nitrogen and oxygen atoms in total. The molecule has 0 atom stereocenters. The molecule has 0 spiro atoms. The third-order valence-corrected chi connectivity index (χ3v) is 1.28. The van der Waals surface area contributed by atoms with Crippen LogP contribution in [0.15, 0.2) is 18.5 Å². The third kappa shape index (κ3) is 0.614. The Hall–Kier alpha value is -1.25. The van der Waals surface area contributed by atoms with E-state index in [0.29, 0.717) is 0 Å². The maximum atomic E-state index is 3.93. The number of rotatable bonds is 0. The van der Waals surface area contributed by atoms with E-state index >= 15 is 0 Å². The van der Waals surface area contributed by atoms with E-state index in [-0.39, 0.29) is 0 Å². The lowest BCUT2D eigenvalue weighted by Gasteiger charge is -1.92. The Bertz CT molecular complexity index is 198. The van der Waals surface area contributed by atoms with Crippen LogP contribution in [-0.2, 0) is 0 Å². The molecule has 0 saturated heterocycles. The molecule has 0 bridgehead atoms. The van der Waals surface area contributed by atoms with Gasteiger partial charge in [-0.05, 0) is 6.07 Å². The van der Waals surface area contributed by atoms with Crippen LogP contribution in [0.25, 0.3) is 0 Å². The molecule has 0 aromatic carbocycles. The quantitative estimate of drug-likeness (QED) is 0.537. The van der Waals surface area contributed by atoms with Gasteiger partial charge in [0.1, 0.15) is 6.67 Å². The van der Waals surface area contributed by atoms with Crippen molar-refractivity contribution in [3.63, 3.8) is 0 Å². The highest BCUT2D eigenvalue weighted by atomic mass is 15.1. The summed E-state index contributed by atoms with van der Waals surface area (Å²) in [5, 5.41) is 6.03. The summed E-state index contributed by atoms with van der Waals surface area (Å²) in [6, 6.07) is 1.92. The van der Waals surface area contributed by atoms with Gasteiger partial charge >= 0.3 is 0 Å². The van der Waals surface area contributed by atoms with Crippen LogP contribution in [0.4, 0.5) is 11.4 Å². The number of hydrogen-bond donors (Lipinski definition) is 2. The molecule has 1 aliphatic rings. The normalized spacial score (nSPS) is 13.8. The minimum atomic E-state index is 1.04. The van der Waals surface area contributed by atoms with Gasteiger partial charge in [-0.25, -0.2) is 0 Å². The average molecular weight is 120 g/mol. The smallest absolute Gasteiger partial charge is 0.137 e. The fourth-order valence-electron chi connectivity index (χ4n) is 0.827. The average Bonchev–Trinajstić information content (AvgIpc) is 2.33. The molecular formula is C6H6N3. The maximum Gasteiger partial charge on any atom is 0.137 e. The molecule has 2 heterocycles. The van der Waals surface area contributed by atoms with Crippen LogP contribution in [-0.4, -0.2) is 4.98 Å². The van der Waals surface area contributed by atoms with Crippen molar-refractivity contribution in [2.45, 2.75) is 0 Å². The van der Waals surface area contributed by atoms with E-state index in [4.69, 9.17) is 0 Å². The molecular weight excluding hydrogens is 114 g/mol. The molecule has 0 amide bonds. The van der Waals surface area contributed by atoms with E-state index in [0.717, 1.165) is 11.4 Å². The summed E-state index contributed by atoms with van der Waals surface area (Å²) in [7, 11) is 0. The number of nitrogens with one attached hydrogen (secondary N) is 2. The van der Waals surface area contributed by atoms with Crippen molar-refractivity contribution in [1.82, 2.24) is 4.98 Å². The number of hydrogen-bond acceptors (Lipinski definition) is 3. The molecule has 1 radical (unpaired) electrons. The first-order chi connectivity index (χ1) is 4.47. The standard InChI is InChI=1S/C6H6N3/c1-2-7-3-6-5(1)8-4-9-6/h1-4,8-9H. The number of aromatic nitrogens is 1. The summed E-state index contributed by atoms with van der Waals surface area (Å²) >= 11 is 0. The van der Waals surface area contributed by atoms with Gasteiger partial charge in [-0.2, -0.15) is 0 Å². The van der Waals surface area contributed by atoms with Gasteiger partial charge in [0, 0.05) is 6.20 Å². The predicted molar refractivity (Wildman–Crippen MR) is 35.8 cm³/mol. The lowest BCUT2D eigenvalue weighted by Crippen LogP contribution is -1.89. The van der Waals surface area contributed by atoms with Gasteiger partial charge in [0.05, 0.1) is 17.6 Å². The predicted octanol–water partition coefficient (Wildman–Crippen LogP) is 1.04. The third-order valence-electron chi connectivity index (χ3n) is 1.28. The van der Waals surface area contributed by atoms with Crippen LogP contribution in [0, 0.1) is 6.67 Å². The zero-order valence-corrected chi connectivity index (χ0v) is 4.76. The monoisotopic (exact) mass is 120 g/mol. The van der Waals surface area contributed by atoms with Crippen LogP contribution >= 0.6 is 0 Å². The number of anilines is 2. The van der Waals surface area contributed by atoms with Crippen LogP contribution in [0.3, 0.4) is 0 Å². The van der Waals surface area contributed by atoms with E-state index in [1.807, 2.05) is 6.07 Å². The van der Waals surface area contributed by atoms with Crippen molar-refractivity contribution in [2.75, 3.05) is 10.6 Å². The Morgan fingerprint density at radius 3 is 3.00 bits per heavy atom. The van der Waals surface area contributed by atoms with Crippen LogP contribution in [0.1, 0.15) is 0 Å². The van der Waals surface area contributed by atoms with E-state index in [1.54, 1.807) is 19.1 Å². The zero-order chi connectivity index (χ0) is 6.10. The lowest BCUT2D eigenvalue weighted by molar-refractivity contribution is 1.34. The Labute approximate surface area is 53.1 Å². The molecule has 9 heavy (non-hydrogen) atoms. The summed E-state index contributed by atoms with van der Waals surface area (Å²) in [4.78, 5) is 3.93. The van der Waals surface area contributed by atoms with Gasteiger partial charge in [-0.15, -0.1) is 0 Å². The molecule has 0 unspecified atom stereocenters. The van der Waals surface area contributed by atoms with Gasteiger partial charge in [-0.1, -0.05) is 0 Å². The minimum Gasteiger partial charge on any atom is -0.360 e. The summed E-state index contributed by atoms with van der Waals surface area (Å²) in [6.45, 7) is 1.78. The second-order valence-electron chi connectivity index (χ2n) is 1.85. The van der Waals surface area contributed by atoms with Crippen molar-refractivity contribution in [1.29, 1.82) is 0 Å². The van der Waals surface area contributed by atoms with Crippen LogP contribution in [0.2, 0.25) is 0 Å². The van der Waals surface area contributed by atoms with Crippen LogP contribution < -0.4 is 10.6 Å². The van der Waals surface area contributed by atoms with E-state index in [2.05, 4.69) is 15.6 Å². The second-order valence-corrected chi connectivity index (χ2v) is 1.85. The van der Waals surface area contributed by atoms with Crippen molar-refractivity contribution >= 4 is 11.4 Å². The van der Waals surface area contributed by atoms with E-state index in [1.165, 1.54) is 0 Å². The second kappa shape index (κ2) is 1.62. The largest absolute Gasteiger partial charge is 0.360 e. The molecule has 0 aliphatic carbocycles. The van der Waals surface area contributed by atoms with Gasteiger partial charge in [0.15, 0.2) is 0 Å². The topological polar surface area (TPSA) is 37.0 Å². The SMILES string of the molecule is [CH]1Nc2ccncc2N1. The number of nitrogens with zero attached hydrogens (tertiary/aromatic N) is 1. The first kappa shape index (κ1) is 4.61. The Morgan fingerprint density at radius 1 is 1.22 bits per heavy atom. The molecule has 2 rings (SSSR count). The molecule has 1 aromatic rings. The summed E-state index contributed by atoms with van der Waals surface area (Å²) in [5.74, 6) is 0.